The number of benzene rings is 2. The molecule has 0 spiro atoms. The van der Waals surface area contributed by atoms with Crippen molar-refractivity contribution in [1.29, 1.82) is 0 Å². The molecule has 0 aliphatic rings. The molecular formula is C15H12BrF2NO2. The Bertz CT molecular complexity index is 677. The average molecular weight is 356 g/mol. The number of rotatable bonds is 5. The van der Waals surface area contributed by atoms with Crippen molar-refractivity contribution in [3.63, 3.8) is 0 Å². The molecule has 2 N–H and O–H groups in total. The predicted octanol–water partition coefficient (Wildman–Crippen LogP) is 3.72. The molecule has 21 heavy (non-hydrogen) atoms. The first-order chi connectivity index (χ1) is 9.97. The Balaban J connectivity index is 2.05. The van der Waals surface area contributed by atoms with Gasteiger partial charge >= 0.3 is 5.97 Å². The summed E-state index contributed by atoms with van der Waals surface area (Å²) in [5.74, 6) is -1.97. The minimum Gasteiger partial charge on any atom is -0.478 e. The second-order valence-corrected chi connectivity index (χ2v) is 5.37. The summed E-state index contributed by atoms with van der Waals surface area (Å²) in [5, 5.41) is 11.8. The minimum absolute atomic E-state index is 0.0156. The van der Waals surface area contributed by atoms with E-state index in [1.54, 1.807) is 12.1 Å². The summed E-state index contributed by atoms with van der Waals surface area (Å²) >= 11 is 3.25. The van der Waals surface area contributed by atoms with Gasteiger partial charge in [-0.25, -0.2) is 13.6 Å². The fourth-order valence-corrected chi connectivity index (χ4v) is 2.26. The largest absolute Gasteiger partial charge is 0.478 e. The Kier molecular flexibility index (Phi) is 5.03. The van der Waals surface area contributed by atoms with E-state index < -0.39 is 11.8 Å². The standard InChI is InChI=1S/C15H12BrF2NO2/c16-12-2-4-14(18)11(6-12)8-19-7-10-5-9(15(20)21)1-3-13(10)17/h1-6,19H,7-8H2,(H,20,21). The minimum atomic E-state index is -1.12. The fourth-order valence-electron chi connectivity index (χ4n) is 1.85. The molecule has 0 saturated heterocycles. The highest BCUT2D eigenvalue weighted by Gasteiger charge is 2.09. The van der Waals surface area contributed by atoms with Crippen LogP contribution in [0.2, 0.25) is 0 Å². The SMILES string of the molecule is O=C(O)c1ccc(F)c(CNCc2cc(Br)ccc2F)c1. The van der Waals surface area contributed by atoms with Crippen LogP contribution in [0.15, 0.2) is 40.9 Å². The van der Waals surface area contributed by atoms with Crippen molar-refractivity contribution < 1.29 is 18.7 Å². The van der Waals surface area contributed by atoms with Crippen LogP contribution in [0.5, 0.6) is 0 Å². The van der Waals surface area contributed by atoms with Gasteiger partial charge in [0.1, 0.15) is 11.6 Å². The summed E-state index contributed by atoms with van der Waals surface area (Å²) in [6.07, 6.45) is 0. The maximum absolute atomic E-state index is 13.6. The van der Waals surface area contributed by atoms with Crippen molar-refractivity contribution in [2.75, 3.05) is 0 Å². The van der Waals surface area contributed by atoms with Gasteiger partial charge in [0.25, 0.3) is 0 Å². The van der Waals surface area contributed by atoms with E-state index in [4.69, 9.17) is 5.11 Å². The molecule has 0 radical (unpaired) electrons. The van der Waals surface area contributed by atoms with Gasteiger partial charge in [-0.15, -0.1) is 0 Å². The number of carboxylic acids is 1. The molecule has 0 saturated carbocycles. The first kappa shape index (κ1) is 15.6. The van der Waals surface area contributed by atoms with E-state index in [2.05, 4.69) is 21.2 Å². The molecule has 2 aromatic rings. The van der Waals surface area contributed by atoms with Gasteiger partial charge < -0.3 is 10.4 Å². The Labute approximate surface area is 128 Å². The molecule has 0 amide bonds. The van der Waals surface area contributed by atoms with Crippen molar-refractivity contribution >= 4 is 21.9 Å². The maximum Gasteiger partial charge on any atom is 0.335 e. The van der Waals surface area contributed by atoms with Crippen LogP contribution in [0.3, 0.4) is 0 Å². The Morgan fingerprint density at radius 1 is 1.05 bits per heavy atom. The lowest BCUT2D eigenvalue weighted by molar-refractivity contribution is 0.0696. The molecule has 0 unspecified atom stereocenters. The summed E-state index contributed by atoms with van der Waals surface area (Å²) in [5.41, 5.74) is 0.686. The van der Waals surface area contributed by atoms with Crippen molar-refractivity contribution in [2.24, 2.45) is 0 Å². The molecule has 0 bridgehead atoms. The molecule has 3 nitrogen and oxygen atoms in total. The molecule has 0 heterocycles. The van der Waals surface area contributed by atoms with Crippen LogP contribution in [0.25, 0.3) is 0 Å². The summed E-state index contributed by atoms with van der Waals surface area (Å²) in [6, 6.07) is 8.14. The molecule has 2 aromatic carbocycles. The summed E-state index contributed by atoms with van der Waals surface area (Å²) < 4.78 is 27.9. The van der Waals surface area contributed by atoms with Crippen LogP contribution < -0.4 is 5.32 Å². The zero-order valence-electron chi connectivity index (χ0n) is 10.9. The molecule has 2 rings (SSSR count). The third-order valence-corrected chi connectivity index (χ3v) is 3.42. The van der Waals surface area contributed by atoms with E-state index in [1.165, 1.54) is 18.2 Å². The third-order valence-electron chi connectivity index (χ3n) is 2.93. The van der Waals surface area contributed by atoms with Crippen LogP contribution in [-0.4, -0.2) is 11.1 Å². The van der Waals surface area contributed by atoms with E-state index in [0.717, 1.165) is 10.5 Å². The smallest absolute Gasteiger partial charge is 0.335 e. The fraction of sp³-hybridized carbons (Fsp3) is 0.133. The summed E-state index contributed by atoms with van der Waals surface area (Å²) in [7, 11) is 0. The van der Waals surface area contributed by atoms with Crippen molar-refractivity contribution in [2.45, 2.75) is 13.1 Å². The Morgan fingerprint density at radius 2 is 1.62 bits per heavy atom. The van der Waals surface area contributed by atoms with Gasteiger partial charge in [0, 0.05) is 28.7 Å². The highest BCUT2D eigenvalue weighted by Crippen LogP contribution is 2.16. The maximum atomic E-state index is 13.6. The van der Waals surface area contributed by atoms with Crippen molar-refractivity contribution in [3.05, 3.63) is 69.2 Å². The molecule has 0 aliphatic heterocycles. The molecule has 6 heteroatoms. The first-order valence-electron chi connectivity index (χ1n) is 6.13. The topological polar surface area (TPSA) is 49.3 Å². The Hall–Kier alpha value is -1.79. The van der Waals surface area contributed by atoms with Crippen molar-refractivity contribution in [1.82, 2.24) is 5.32 Å². The lowest BCUT2D eigenvalue weighted by Gasteiger charge is -2.08. The number of aromatic carboxylic acids is 1. The molecular weight excluding hydrogens is 344 g/mol. The van der Waals surface area contributed by atoms with E-state index >= 15 is 0 Å². The summed E-state index contributed by atoms with van der Waals surface area (Å²) in [6.45, 7) is 0.320. The number of hydrogen-bond acceptors (Lipinski definition) is 2. The van der Waals surface area contributed by atoms with Crippen LogP contribution in [0, 0.1) is 11.6 Å². The van der Waals surface area contributed by atoms with Gasteiger partial charge in [-0.3, -0.25) is 0 Å². The van der Waals surface area contributed by atoms with Crippen LogP contribution in [0.4, 0.5) is 8.78 Å². The highest BCUT2D eigenvalue weighted by atomic mass is 79.9. The quantitative estimate of drug-likeness (QED) is 0.859. The lowest BCUT2D eigenvalue weighted by atomic mass is 10.1. The summed E-state index contributed by atoms with van der Waals surface area (Å²) in [4.78, 5) is 10.8. The molecule has 0 atom stereocenters. The first-order valence-corrected chi connectivity index (χ1v) is 6.93. The monoisotopic (exact) mass is 355 g/mol. The number of halogens is 3. The number of hydrogen-bond donors (Lipinski definition) is 2. The average Bonchev–Trinajstić information content (AvgIpc) is 2.44. The highest BCUT2D eigenvalue weighted by molar-refractivity contribution is 9.10. The normalized spacial score (nSPS) is 10.6. The van der Waals surface area contributed by atoms with Gasteiger partial charge in [-0.05, 0) is 36.4 Å². The van der Waals surface area contributed by atoms with Gasteiger partial charge in [0.15, 0.2) is 0 Å². The Morgan fingerprint density at radius 3 is 2.24 bits per heavy atom. The zero-order valence-corrected chi connectivity index (χ0v) is 12.5. The van der Waals surface area contributed by atoms with Crippen LogP contribution in [0.1, 0.15) is 21.5 Å². The van der Waals surface area contributed by atoms with E-state index in [-0.39, 0.29) is 30.0 Å². The van der Waals surface area contributed by atoms with E-state index in [1.807, 2.05) is 0 Å². The second-order valence-electron chi connectivity index (χ2n) is 4.45. The number of carbonyl (C=O) groups is 1. The third kappa shape index (κ3) is 4.09. The predicted molar refractivity (Wildman–Crippen MR) is 78.0 cm³/mol. The number of carboxylic acid groups (broad SMARTS) is 1. The second kappa shape index (κ2) is 6.78. The van der Waals surface area contributed by atoms with Crippen LogP contribution >= 0.6 is 15.9 Å². The van der Waals surface area contributed by atoms with E-state index in [0.29, 0.717) is 5.56 Å². The molecule has 0 fully saturated rings. The molecule has 0 aromatic heterocycles. The van der Waals surface area contributed by atoms with Gasteiger partial charge in [-0.2, -0.15) is 0 Å². The number of nitrogens with one attached hydrogen (secondary N) is 1. The van der Waals surface area contributed by atoms with Gasteiger partial charge in [0.2, 0.25) is 0 Å². The molecule has 0 aliphatic carbocycles. The van der Waals surface area contributed by atoms with Crippen molar-refractivity contribution in [3.8, 4) is 0 Å². The van der Waals surface area contributed by atoms with Gasteiger partial charge in [0.05, 0.1) is 5.56 Å². The zero-order chi connectivity index (χ0) is 15.4. The van der Waals surface area contributed by atoms with Crippen LogP contribution in [-0.2, 0) is 13.1 Å². The van der Waals surface area contributed by atoms with E-state index in [9.17, 15) is 13.6 Å². The lowest BCUT2D eigenvalue weighted by Crippen LogP contribution is -2.15. The molecule has 110 valence electrons. The van der Waals surface area contributed by atoms with Gasteiger partial charge in [-0.1, -0.05) is 15.9 Å².